The van der Waals surface area contributed by atoms with Crippen LogP contribution in [0.1, 0.15) is 56.1 Å². The van der Waals surface area contributed by atoms with Gasteiger partial charge in [-0.25, -0.2) is 0 Å². The van der Waals surface area contributed by atoms with Gasteiger partial charge in [-0.15, -0.1) is 0 Å². The summed E-state index contributed by atoms with van der Waals surface area (Å²) in [6, 6.07) is 18.5. The van der Waals surface area contributed by atoms with E-state index in [1.54, 1.807) is 10.7 Å². The summed E-state index contributed by atoms with van der Waals surface area (Å²) in [7, 11) is 0. The van der Waals surface area contributed by atoms with Crippen LogP contribution in [-0.2, 0) is 26.1 Å². The van der Waals surface area contributed by atoms with Crippen molar-refractivity contribution in [3.63, 3.8) is 0 Å². The van der Waals surface area contributed by atoms with Crippen molar-refractivity contribution in [1.29, 1.82) is 0 Å². The van der Waals surface area contributed by atoms with Gasteiger partial charge in [-0.2, -0.15) is 5.10 Å². The predicted octanol–water partition coefficient (Wildman–Crippen LogP) is 3.42. The largest absolute Gasteiger partial charge is 0.351 e. The van der Waals surface area contributed by atoms with Gasteiger partial charge >= 0.3 is 0 Å². The Balaban J connectivity index is 1.14. The summed E-state index contributed by atoms with van der Waals surface area (Å²) in [4.78, 5) is 30.3. The van der Waals surface area contributed by atoms with E-state index in [4.69, 9.17) is 0 Å². The lowest BCUT2D eigenvalue weighted by molar-refractivity contribution is 0.0745. The van der Waals surface area contributed by atoms with Crippen molar-refractivity contribution in [2.75, 3.05) is 26.2 Å². The van der Waals surface area contributed by atoms with Gasteiger partial charge in [-0.3, -0.25) is 19.2 Å². The van der Waals surface area contributed by atoms with Crippen molar-refractivity contribution in [3.8, 4) is 0 Å². The summed E-state index contributed by atoms with van der Waals surface area (Å²) < 4.78 is 1.69. The summed E-state index contributed by atoms with van der Waals surface area (Å²) in [5, 5.41) is 7.45. The van der Waals surface area contributed by atoms with Crippen molar-refractivity contribution in [2.24, 2.45) is 0 Å². The Morgan fingerprint density at radius 3 is 2.74 bits per heavy atom. The van der Waals surface area contributed by atoms with E-state index in [2.05, 4.69) is 58.6 Å². The van der Waals surface area contributed by atoms with Crippen LogP contribution in [0.25, 0.3) is 0 Å². The van der Waals surface area contributed by atoms with Crippen LogP contribution in [0.15, 0.2) is 54.6 Å². The first-order valence-electron chi connectivity index (χ1n) is 12.6. The van der Waals surface area contributed by atoms with Gasteiger partial charge in [0.1, 0.15) is 5.69 Å². The van der Waals surface area contributed by atoms with Gasteiger partial charge in [0, 0.05) is 51.9 Å². The van der Waals surface area contributed by atoms with Crippen molar-refractivity contribution < 1.29 is 9.59 Å². The molecule has 2 amide bonds. The highest BCUT2D eigenvalue weighted by atomic mass is 16.2. The van der Waals surface area contributed by atoms with E-state index < -0.39 is 0 Å². The summed E-state index contributed by atoms with van der Waals surface area (Å²) in [5.41, 5.74) is 5.96. The normalized spacial score (nSPS) is 15.9. The van der Waals surface area contributed by atoms with Crippen LogP contribution >= 0.6 is 0 Å². The second-order valence-corrected chi connectivity index (χ2v) is 9.61. The smallest absolute Gasteiger partial charge is 0.272 e. The number of hydrogen-bond donors (Lipinski definition) is 1. The Morgan fingerprint density at radius 2 is 1.89 bits per heavy atom. The number of rotatable bonds is 7. The van der Waals surface area contributed by atoms with Gasteiger partial charge in [0.05, 0.1) is 0 Å². The fourth-order valence-corrected chi connectivity index (χ4v) is 5.07. The third-order valence-electron chi connectivity index (χ3n) is 6.92. The topological polar surface area (TPSA) is 70.5 Å². The number of carbonyl (C=O) groups is 2. The van der Waals surface area contributed by atoms with Crippen LogP contribution in [0.5, 0.6) is 0 Å². The van der Waals surface area contributed by atoms with Crippen LogP contribution < -0.4 is 5.32 Å². The van der Waals surface area contributed by atoms with E-state index in [1.165, 1.54) is 16.7 Å². The minimum Gasteiger partial charge on any atom is -0.351 e. The molecular formula is C28H33N5O2. The highest BCUT2D eigenvalue weighted by Gasteiger charge is 2.26. The minimum atomic E-state index is -0.215. The van der Waals surface area contributed by atoms with E-state index in [1.807, 2.05) is 17.0 Å². The maximum absolute atomic E-state index is 13.2. The van der Waals surface area contributed by atoms with Crippen molar-refractivity contribution in [3.05, 3.63) is 88.2 Å². The fraction of sp³-hybridized carbons (Fsp3) is 0.393. The molecule has 0 saturated heterocycles. The first kappa shape index (κ1) is 23.3. The highest BCUT2D eigenvalue weighted by molar-refractivity contribution is 5.98. The van der Waals surface area contributed by atoms with Crippen molar-refractivity contribution in [2.45, 2.75) is 45.8 Å². The zero-order chi connectivity index (χ0) is 24.2. The molecule has 3 heterocycles. The number of amides is 2. The summed E-state index contributed by atoms with van der Waals surface area (Å²) in [5.74, 6) is -0.284. The van der Waals surface area contributed by atoms with Gasteiger partial charge < -0.3 is 10.2 Å². The van der Waals surface area contributed by atoms with Crippen LogP contribution in [-0.4, -0.2) is 57.6 Å². The second kappa shape index (κ2) is 10.4. The lowest BCUT2D eigenvalue weighted by Crippen LogP contribution is -2.33. The summed E-state index contributed by atoms with van der Waals surface area (Å²) in [6.07, 6.45) is 2.77. The SMILES string of the molecule is Cc1cccc(CN2CCCn3nc(C(=O)NCCCN4CCc5ccccc5C4)cc3C2=O)c1. The standard InChI is InChI=1S/C28H33N5O2/c1-21-7-4-8-22(17-21)19-32-14-6-15-33-26(28(32)35)18-25(30-33)27(34)29-12-5-13-31-16-11-23-9-2-3-10-24(23)20-31/h2-4,7-10,17-18H,5-6,11-16,19-20H2,1H3,(H,29,34). The van der Waals surface area contributed by atoms with Gasteiger partial charge in [-0.05, 0) is 42.9 Å². The highest BCUT2D eigenvalue weighted by Crippen LogP contribution is 2.19. The lowest BCUT2D eigenvalue weighted by Gasteiger charge is -2.28. The third kappa shape index (κ3) is 5.46. The molecule has 3 aromatic rings. The Bertz CT molecular complexity index is 1220. The quantitative estimate of drug-likeness (QED) is 0.536. The van der Waals surface area contributed by atoms with Gasteiger partial charge in [-0.1, -0.05) is 54.1 Å². The number of carbonyl (C=O) groups excluding carboxylic acids is 2. The molecule has 2 aromatic carbocycles. The number of hydrogen-bond acceptors (Lipinski definition) is 4. The Morgan fingerprint density at radius 1 is 1.03 bits per heavy atom. The Kier molecular flexibility index (Phi) is 6.95. The van der Waals surface area contributed by atoms with E-state index in [9.17, 15) is 9.59 Å². The average molecular weight is 472 g/mol. The number of aromatic nitrogens is 2. The fourth-order valence-electron chi connectivity index (χ4n) is 5.07. The van der Waals surface area contributed by atoms with Crippen LogP contribution in [0, 0.1) is 6.92 Å². The first-order chi connectivity index (χ1) is 17.1. The molecule has 35 heavy (non-hydrogen) atoms. The first-order valence-corrected chi connectivity index (χ1v) is 12.6. The lowest BCUT2D eigenvalue weighted by atomic mass is 10.00. The molecule has 2 aliphatic heterocycles. The maximum atomic E-state index is 13.2. The molecule has 182 valence electrons. The molecule has 1 aromatic heterocycles. The number of fused-ring (bicyclic) bond motifs is 2. The molecule has 2 aliphatic rings. The molecule has 7 heteroatoms. The molecule has 0 fully saturated rings. The van der Waals surface area contributed by atoms with Crippen LogP contribution in [0.4, 0.5) is 0 Å². The second-order valence-electron chi connectivity index (χ2n) is 9.61. The van der Waals surface area contributed by atoms with E-state index in [0.717, 1.165) is 44.5 Å². The molecule has 0 bridgehead atoms. The van der Waals surface area contributed by atoms with Gasteiger partial charge in [0.15, 0.2) is 5.69 Å². The number of benzene rings is 2. The molecule has 0 atom stereocenters. The van der Waals surface area contributed by atoms with Crippen molar-refractivity contribution in [1.82, 2.24) is 24.9 Å². The molecule has 1 N–H and O–H groups in total. The minimum absolute atomic E-state index is 0.0686. The van der Waals surface area contributed by atoms with E-state index >= 15 is 0 Å². The molecule has 7 nitrogen and oxygen atoms in total. The maximum Gasteiger partial charge on any atom is 0.272 e. The predicted molar refractivity (Wildman–Crippen MR) is 135 cm³/mol. The van der Waals surface area contributed by atoms with Crippen molar-refractivity contribution >= 4 is 11.8 Å². The molecular weight excluding hydrogens is 438 g/mol. The molecule has 0 saturated carbocycles. The summed E-state index contributed by atoms with van der Waals surface area (Å²) in [6.45, 7) is 7.49. The molecule has 0 unspecified atom stereocenters. The van der Waals surface area contributed by atoms with Gasteiger partial charge in [0.25, 0.3) is 11.8 Å². The van der Waals surface area contributed by atoms with E-state index in [-0.39, 0.29) is 11.8 Å². The molecule has 5 rings (SSSR count). The number of nitrogens with zero attached hydrogens (tertiary/aromatic N) is 4. The third-order valence-corrected chi connectivity index (χ3v) is 6.92. The monoisotopic (exact) mass is 471 g/mol. The van der Waals surface area contributed by atoms with E-state index in [0.29, 0.717) is 37.6 Å². The Labute approximate surface area is 206 Å². The molecule has 0 spiro atoms. The molecule has 0 aliphatic carbocycles. The summed E-state index contributed by atoms with van der Waals surface area (Å²) >= 11 is 0. The Hall–Kier alpha value is -3.45. The van der Waals surface area contributed by atoms with Crippen LogP contribution in [0.2, 0.25) is 0 Å². The average Bonchev–Trinajstić information content (AvgIpc) is 3.24. The van der Waals surface area contributed by atoms with Gasteiger partial charge in [0.2, 0.25) is 0 Å². The number of aryl methyl sites for hydroxylation is 2. The zero-order valence-corrected chi connectivity index (χ0v) is 20.4. The zero-order valence-electron chi connectivity index (χ0n) is 20.4. The molecule has 0 radical (unpaired) electrons. The number of nitrogens with one attached hydrogen (secondary N) is 1. The van der Waals surface area contributed by atoms with Crippen LogP contribution in [0.3, 0.4) is 0 Å².